The molecular weight excluding hydrogens is 226 g/mol. The van der Waals surface area contributed by atoms with Gasteiger partial charge in [0.2, 0.25) is 0 Å². The predicted octanol–water partition coefficient (Wildman–Crippen LogP) is 1.51. The molecule has 1 N–H and O–H groups in total. The van der Waals surface area contributed by atoms with Gasteiger partial charge in [-0.1, -0.05) is 24.0 Å². The summed E-state index contributed by atoms with van der Waals surface area (Å²) in [7, 11) is 1.83. The number of benzene rings is 1. The molecule has 1 amide bonds. The highest BCUT2D eigenvalue weighted by atomic mass is 16.2. The molecule has 1 aromatic carbocycles. The van der Waals surface area contributed by atoms with E-state index in [-0.39, 0.29) is 12.5 Å². The van der Waals surface area contributed by atoms with Gasteiger partial charge in [0, 0.05) is 19.2 Å². The van der Waals surface area contributed by atoms with Gasteiger partial charge in [-0.25, -0.2) is 0 Å². The van der Waals surface area contributed by atoms with Gasteiger partial charge in [-0.3, -0.25) is 4.79 Å². The summed E-state index contributed by atoms with van der Waals surface area (Å²) in [6, 6.07) is 7.27. The SMILES string of the molecule is CN(CC1CC1)C(=O)c1ccccc1C#CCO. The maximum Gasteiger partial charge on any atom is 0.254 e. The highest BCUT2D eigenvalue weighted by Gasteiger charge is 2.25. The number of hydrogen-bond acceptors (Lipinski definition) is 2. The minimum absolute atomic E-state index is 0.00439. The molecule has 1 aliphatic rings. The number of amides is 1. The van der Waals surface area contributed by atoms with Gasteiger partial charge in [-0.05, 0) is 30.9 Å². The third-order valence-corrected chi connectivity index (χ3v) is 3.04. The minimum atomic E-state index is -0.194. The topological polar surface area (TPSA) is 40.5 Å². The zero-order valence-electron chi connectivity index (χ0n) is 10.5. The van der Waals surface area contributed by atoms with Gasteiger partial charge in [-0.2, -0.15) is 0 Å². The van der Waals surface area contributed by atoms with Crippen LogP contribution >= 0.6 is 0 Å². The van der Waals surface area contributed by atoms with Gasteiger partial charge < -0.3 is 10.0 Å². The zero-order valence-corrected chi connectivity index (χ0v) is 10.5. The molecule has 1 fully saturated rings. The Hall–Kier alpha value is -1.79. The third-order valence-electron chi connectivity index (χ3n) is 3.04. The highest BCUT2D eigenvalue weighted by Crippen LogP contribution is 2.29. The van der Waals surface area contributed by atoms with Crippen LogP contribution in [0.15, 0.2) is 24.3 Å². The Morgan fingerprint density at radius 3 is 2.83 bits per heavy atom. The van der Waals surface area contributed by atoms with E-state index in [1.54, 1.807) is 17.0 Å². The quantitative estimate of drug-likeness (QED) is 0.818. The van der Waals surface area contributed by atoms with E-state index in [4.69, 9.17) is 5.11 Å². The maximum atomic E-state index is 12.3. The Morgan fingerprint density at radius 1 is 1.44 bits per heavy atom. The van der Waals surface area contributed by atoms with Crippen LogP contribution in [-0.2, 0) is 0 Å². The molecule has 1 aromatic rings. The monoisotopic (exact) mass is 243 g/mol. The first-order chi connectivity index (χ1) is 8.72. The van der Waals surface area contributed by atoms with E-state index in [0.29, 0.717) is 17.0 Å². The Kier molecular flexibility index (Phi) is 4.01. The van der Waals surface area contributed by atoms with E-state index in [9.17, 15) is 4.79 Å². The molecule has 0 heterocycles. The molecule has 2 rings (SSSR count). The summed E-state index contributed by atoms with van der Waals surface area (Å²) in [6.45, 7) is 0.626. The molecule has 18 heavy (non-hydrogen) atoms. The molecule has 0 radical (unpaired) electrons. The van der Waals surface area contributed by atoms with Crippen molar-refractivity contribution in [1.29, 1.82) is 0 Å². The molecule has 0 bridgehead atoms. The van der Waals surface area contributed by atoms with Crippen LogP contribution in [0.2, 0.25) is 0 Å². The molecule has 0 atom stereocenters. The first kappa shape index (κ1) is 12.7. The van der Waals surface area contributed by atoms with Crippen LogP contribution < -0.4 is 0 Å². The molecular formula is C15H17NO2. The Morgan fingerprint density at radius 2 is 2.17 bits per heavy atom. The Labute approximate surface area is 107 Å². The van der Waals surface area contributed by atoms with Crippen LogP contribution in [-0.4, -0.2) is 36.1 Å². The second kappa shape index (κ2) is 5.70. The van der Waals surface area contributed by atoms with Crippen molar-refractivity contribution in [2.24, 2.45) is 5.92 Å². The first-order valence-corrected chi connectivity index (χ1v) is 6.16. The highest BCUT2D eigenvalue weighted by molar-refractivity contribution is 5.96. The van der Waals surface area contributed by atoms with Gasteiger partial charge in [0.15, 0.2) is 0 Å². The van der Waals surface area contributed by atoms with Gasteiger partial charge in [0.1, 0.15) is 6.61 Å². The lowest BCUT2D eigenvalue weighted by atomic mass is 10.1. The molecule has 0 aliphatic heterocycles. The fourth-order valence-electron chi connectivity index (χ4n) is 1.89. The number of hydrogen-bond donors (Lipinski definition) is 1. The van der Waals surface area contributed by atoms with Crippen molar-refractivity contribution in [1.82, 2.24) is 4.90 Å². The van der Waals surface area contributed by atoms with E-state index < -0.39 is 0 Å². The lowest BCUT2D eigenvalue weighted by Gasteiger charge is -2.17. The largest absolute Gasteiger partial charge is 0.384 e. The van der Waals surface area contributed by atoms with Crippen molar-refractivity contribution in [3.63, 3.8) is 0 Å². The second-order valence-corrected chi connectivity index (χ2v) is 4.63. The van der Waals surface area contributed by atoms with Gasteiger partial charge in [0.25, 0.3) is 5.91 Å². The lowest BCUT2D eigenvalue weighted by Crippen LogP contribution is -2.29. The maximum absolute atomic E-state index is 12.3. The Bertz CT molecular complexity index is 495. The van der Waals surface area contributed by atoms with E-state index in [2.05, 4.69) is 11.8 Å². The van der Waals surface area contributed by atoms with Crippen LogP contribution in [0.4, 0.5) is 0 Å². The van der Waals surface area contributed by atoms with Crippen LogP contribution in [0.1, 0.15) is 28.8 Å². The second-order valence-electron chi connectivity index (χ2n) is 4.63. The fourth-order valence-corrected chi connectivity index (χ4v) is 1.89. The predicted molar refractivity (Wildman–Crippen MR) is 70.1 cm³/mol. The van der Waals surface area contributed by atoms with Crippen LogP contribution in [0.25, 0.3) is 0 Å². The summed E-state index contributed by atoms with van der Waals surface area (Å²) in [5.74, 6) is 6.09. The molecule has 0 saturated heterocycles. The molecule has 0 spiro atoms. The number of aliphatic hydroxyl groups is 1. The average molecular weight is 243 g/mol. The summed E-state index contributed by atoms with van der Waals surface area (Å²) < 4.78 is 0. The van der Waals surface area contributed by atoms with E-state index in [1.165, 1.54) is 12.8 Å². The van der Waals surface area contributed by atoms with Crippen molar-refractivity contribution < 1.29 is 9.90 Å². The molecule has 3 heteroatoms. The number of carbonyl (C=O) groups is 1. The number of rotatable bonds is 3. The standard InChI is InChI=1S/C15H17NO2/c1-16(11-12-8-9-12)15(18)14-7-3-2-5-13(14)6-4-10-17/h2-3,5,7,12,17H,8-11H2,1H3. The van der Waals surface area contributed by atoms with E-state index >= 15 is 0 Å². The fraction of sp³-hybridized carbons (Fsp3) is 0.400. The van der Waals surface area contributed by atoms with Gasteiger partial charge in [0.05, 0.1) is 5.56 Å². The molecule has 1 aliphatic carbocycles. The first-order valence-electron chi connectivity index (χ1n) is 6.16. The summed E-state index contributed by atoms with van der Waals surface area (Å²) in [5.41, 5.74) is 1.29. The van der Waals surface area contributed by atoms with E-state index in [0.717, 1.165) is 6.54 Å². The normalized spacial score (nSPS) is 13.7. The summed E-state index contributed by atoms with van der Waals surface area (Å²) in [4.78, 5) is 14.0. The third kappa shape index (κ3) is 3.12. The number of nitrogens with zero attached hydrogens (tertiary/aromatic N) is 1. The number of aliphatic hydroxyl groups excluding tert-OH is 1. The van der Waals surface area contributed by atoms with Crippen LogP contribution in [0.5, 0.6) is 0 Å². The van der Waals surface area contributed by atoms with Gasteiger partial charge >= 0.3 is 0 Å². The van der Waals surface area contributed by atoms with Gasteiger partial charge in [-0.15, -0.1) is 0 Å². The van der Waals surface area contributed by atoms with Crippen LogP contribution in [0, 0.1) is 17.8 Å². The summed E-state index contributed by atoms with van der Waals surface area (Å²) >= 11 is 0. The molecule has 1 saturated carbocycles. The lowest BCUT2D eigenvalue weighted by molar-refractivity contribution is 0.0788. The molecule has 0 unspecified atom stereocenters. The van der Waals surface area contributed by atoms with Crippen molar-refractivity contribution >= 4 is 5.91 Å². The smallest absolute Gasteiger partial charge is 0.254 e. The molecule has 3 nitrogen and oxygen atoms in total. The summed E-state index contributed by atoms with van der Waals surface area (Å²) in [6.07, 6.45) is 2.45. The average Bonchev–Trinajstić information content (AvgIpc) is 3.19. The number of carbonyl (C=O) groups excluding carboxylic acids is 1. The van der Waals surface area contributed by atoms with Crippen molar-refractivity contribution in [3.05, 3.63) is 35.4 Å². The summed E-state index contributed by atoms with van der Waals surface area (Å²) in [5, 5.41) is 8.72. The molecule has 0 aromatic heterocycles. The molecule has 94 valence electrons. The Balaban J connectivity index is 2.17. The zero-order chi connectivity index (χ0) is 13.0. The van der Waals surface area contributed by atoms with Crippen molar-refractivity contribution in [2.75, 3.05) is 20.2 Å². The van der Waals surface area contributed by atoms with Crippen LogP contribution in [0.3, 0.4) is 0 Å². The van der Waals surface area contributed by atoms with Crippen molar-refractivity contribution in [3.8, 4) is 11.8 Å². The van der Waals surface area contributed by atoms with Crippen molar-refractivity contribution in [2.45, 2.75) is 12.8 Å². The van der Waals surface area contributed by atoms with E-state index in [1.807, 2.05) is 19.2 Å². The minimum Gasteiger partial charge on any atom is -0.384 e.